The lowest BCUT2D eigenvalue weighted by molar-refractivity contribution is -0.147. The van der Waals surface area contributed by atoms with Crippen LogP contribution in [0.3, 0.4) is 0 Å². The van der Waals surface area contributed by atoms with Crippen molar-refractivity contribution in [2.45, 2.75) is 43.4 Å². The molecule has 0 aromatic rings. The molecule has 106 valence electrons. The average Bonchev–Trinajstić information content (AvgIpc) is 2.86. The third-order valence-corrected chi connectivity index (χ3v) is 5.25. The van der Waals surface area contributed by atoms with Crippen molar-refractivity contribution >= 4 is 23.6 Å². The molecule has 0 heterocycles. The minimum absolute atomic E-state index is 0.0801. The molecule has 0 aromatic heterocycles. The molecule has 5 heteroatoms. The molecule has 19 heavy (non-hydrogen) atoms. The number of rotatable bonds is 4. The molecule has 0 bridgehead atoms. The van der Waals surface area contributed by atoms with Crippen LogP contribution >= 0.6 is 11.8 Å². The van der Waals surface area contributed by atoms with Gasteiger partial charge in [-0.05, 0) is 38.4 Å². The van der Waals surface area contributed by atoms with Gasteiger partial charge in [0.2, 0.25) is 5.91 Å². The highest BCUT2D eigenvalue weighted by Gasteiger charge is 2.35. The molecule has 2 unspecified atom stereocenters. The van der Waals surface area contributed by atoms with Gasteiger partial charge in [0.15, 0.2) is 0 Å². The van der Waals surface area contributed by atoms with E-state index in [0.717, 1.165) is 19.3 Å². The van der Waals surface area contributed by atoms with Gasteiger partial charge in [-0.25, -0.2) is 0 Å². The zero-order valence-corrected chi connectivity index (χ0v) is 12.0. The Morgan fingerprint density at radius 2 is 1.89 bits per heavy atom. The Morgan fingerprint density at radius 1 is 1.21 bits per heavy atom. The van der Waals surface area contributed by atoms with E-state index in [1.54, 1.807) is 0 Å². The number of hydrogen-bond donors (Lipinski definition) is 2. The zero-order chi connectivity index (χ0) is 13.8. The van der Waals surface area contributed by atoms with Crippen LogP contribution in [0.25, 0.3) is 0 Å². The smallest absolute Gasteiger partial charge is 0.307 e. The lowest BCUT2D eigenvalue weighted by atomic mass is 9.82. The normalized spacial score (nSPS) is 34.2. The van der Waals surface area contributed by atoms with Crippen molar-refractivity contribution < 1.29 is 14.7 Å². The summed E-state index contributed by atoms with van der Waals surface area (Å²) in [6.07, 6.45) is 10.0. The maximum Gasteiger partial charge on any atom is 0.307 e. The Kier molecular flexibility index (Phi) is 4.91. The summed E-state index contributed by atoms with van der Waals surface area (Å²) < 4.78 is 0. The minimum Gasteiger partial charge on any atom is -0.481 e. The number of aliphatic carboxylic acids is 1. The first-order chi connectivity index (χ1) is 9.11. The molecule has 4 nitrogen and oxygen atoms in total. The van der Waals surface area contributed by atoms with Crippen molar-refractivity contribution in [2.75, 3.05) is 6.26 Å². The lowest BCUT2D eigenvalue weighted by Crippen LogP contribution is -2.42. The molecule has 1 amide bonds. The third-order valence-electron chi connectivity index (χ3n) is 4.15. The van der Waals surface area contributed by atoms with E-state index < -0.39 is 17.8 Å². The van der Waals surface area contributed by atoms with Gasteiger partial charge in [0.1, 0.15) is 0 Å². The fraction of sp³-hybridized carbons (Fsp3) is 0.714. The molecule has 0 saturated heterocycles. The number of amides is 1. The molecule has 0 spiro atoms. The second-order valence-electron chi connectivity index (χ2n) is 5.37. The predicted octanol–water partition coefficient (Wildman–Crippen LogP) is 2.05. The van der Waals surface area contributed by atoms with Crippen LogP contribution in [0.15, 0.2) is 12.2 Å². The highest BCUT2D eigenvalue weighted by atomic mass is 32.2. The summed E-state index contributed by atoms with van der Waals surface area (Å²) >= 11 is 1.85. The standard InChI is InChI=1S/C14H21NO3S/c1-19-10-7-6-9(8-10)15-13(16)11-4-2-3-5-12(11)14(17)18/h2-3,9-12H,4-8H2,1H3,(H,15,16)(H,17,18)/t9?,10?,11-,12+/m1/s1. The first kappa shape index (κ1) is 14.4. The first-order valence-electron chi connectivity index (χ1n) is 6.82. The molecule has 2 aliphatic carbocycles. The van der Waals surface area contributed by atoms with Crippen molar-refractivity contribution in [2.24, 2.45) is 11.8 Å². The van der Waals surface area contributed by atoms with E-state index in [1.165, 1.54) is 0 Å². The van der Waals surface area contributed by atoms with Gasteiger partial charge in [-0.3, -0.25) is 9.59 Å². The number of carboxylic acids is 1. The number of allylic oxidation sites excluding steroid dienone is 2. The van der Waals surface area contributed by atoms with Crippen LogP contribution in [0.2, 0.25) is 0 Å². The highest BCUT2D eigenvalue weighted by molar-refractivity contribution is 7.99. The molecule has 2 N–H and O–H groups in total. The Labute approximate surface area is 118 Å². The summed E-state index contributed by atoms with van der Waals surface area (Å²) in [6, 6.07) is 0.227. The van der Waals surface area contributed by atoms with E-state index in [0.29, 0.717) is 18.1 Å². The van der Waals surface area contributed by atoms with Crippen molar-refractivity contribution in [1.82, 2.24) is 5.32 Å². The minimum atomic E-state index is -0.863. The van der Waals surface area contributed by atoms with E-state index in [4.69, 9.17) is 0 Å². The molecular formula is C14H21NO3S. The van der Waals surface area contributed by atoms with Gasteiger partial charge in [-0.2, -0.15) is 11.8 Å². The van der Waals surface area contributed by atoms with Crippen LogP contribution in [0, 0.1) is 11.8 Å². The second-order valence-corrected chi connectivity index (χ2v) is 6.51. The average molecular weight is 283 g/mol. The maximum atomic E-state index is 12.2. The summed E-state index contributed by atoms with van der Waals surface area (Å²) in [5, 5.41) is 12.9. The summed E-state index contributed by atoms with van der Waals surface area (Å²) in [4.78, 5) is 23.4. The predicted molar refractivity (Wildman–Crippen MR) is 76.1 cm³/mol. The van der Waals surface area contributed by atoms with E-state index in [1.807, 2.05) is 23.9 Å². The van der Waals surface area contributed by atoms with Crippen LogP contribution in [-0.4, -0.2) is 34.5 Å². The molecule has 0 aromatic carbocycles. The Bertz CT molecular complexity index is 383. The van der Waals surface area contributed by atoms with Crippen LogP contribution in [0.5, 0.6) is 0 Å². The van der Waals surface area contributed by atoms with Crippen molar-refractivity contribution in [3.05, 3.63) is 12.2 Å². The molecule has 0 aliphatic heterocycles. The summed E-state index contributed by atoms with van der Waals surface area (Å²) in [6.45, 7) is 0. The fourth-order valence-electron chi connectivity index (χ4n) is 2.97. The number of carboxylic acid groups (broad SMARTS) is 1. The molecule has 1 saturated carbocycles. The monoisotopic (exact) mass is 283 g/mol. The Hall–Kier alpha value is -0.970. The van der Waals surface area contributed by atoms with Gasteiger partial charge >= 0.3 is 5.97 Å². The number of hydrogen-bond acceptors (Lipinski definition) is 3. The van der Waals surface area contributed by atoms with Gasteiger partial charge in [0.25, 0.3) is 0 Å². The van der Waals surface area contributed by atoms with Crippen molar-refractivity contribution in [1.29, 1.82) is 0 Å². The van der Waals surface area contributed by atoms with E-state index >= 15 is 0 Å². The first-order valence-corrected chi connectivity index (χ1v) is 8.11. The highest BCUT2D eigenvalue weighted by Crippen LogP contribution is 2.30. The van der Waals surface area contributed by atoms with Crippen LogP contribution in [-0.2, 0) is 9.59 Å². The quantitative estimate of drug-likeness (QED) is 0.775. The van der Waals surface area contributed by atoms with Crippen LogP contribution in [0.1, 0.15) is 32.1 Å². The second kappa shape index (κ2) is 6.46. The summed E-state index contributed by atoms with van der Waals surface area (Å²) in [5.41, 5.74) is 0. The fourth-order valence-corrected chi connectivity index (χ4v) is 3.77. The molecule has 1 fully saturated rings. The van der Waals surface area contributed by atoms with Crippen LogP contribution < -0.4 is 5.32 Å². The lowest BCUT2D eigenvalue weighted by Gasteiger charge is -2.25. The van der Waals surface area contributed by atoms with Crippen LogP contribution in [0.4, 0.5) is 0 Å². The molecule has 0 radical (unpaired) electrons. The van der Waals surface area contributed by atoms with E-state index in [9.17, 15) is 14.7 Å². The number of thioether (sulfide) groups is 1. The number of carbonyl (C=O) groups excluding carboxylic acids is 1. The summed E-state index contributed by atoms with van der Waals surface area (Å²) in [7, 11) is 0. The van der Waals surface area contributed by atoms with Gasteiger partial charge in [-0.15, -0.1) is 0 Å². The zero-order valence-electron chi connectivity index (χ0n) is 11.2. The van der Waals surface area contributed by atoms with E-state index in [-0.39, 0.29) is 11.9 Å². The van der Waals surface area contributed by atoms with E-state index in [2.05, 4.69) is 11.6 Å². The maximum absolute atomic E-state index is 12.2. The summed E-state index contributed by atoms with van der Waals surface area (Å²) in [5.74, 6) is -1.92. The van der Waals surface area contributed by atoms with Crippen molar-refractivity contribution in [3.63, 3.8) is 0 Å². The van der Waals surface area contributed by atoms with Gasteiger partial charge in [0.05, 0.1) is 11.8 Å². The van der Waals surface area contributed by atoms with Gasteiger partial charge in [-0.1, -0.05) is 12.2 Å². The third kappa shape index (κ3) is 3.53. The molecule has 4 atom stereocenters. The van der Waals surface area contributed by atoms with Crippen molar-refractivity contribution in [3.8, 4) is 0 Å². The SMILES string of the molecule is CSC1CCC(NC(=O)[C@@H]2CC=CC[C@@H]2C(=O)O)C1. The Balaban J connectivity index is 1.92. The van der Waals surface area contributed by atoms with Gasteiger partial charge in [0, 0.05) is 11.3 Å². The molecule has 2 rings (SSSR count). The molecule has 2 aliphatic rings. The Morgan fingerprint density at radius 3 is 2.47 bits per heavy atom. The largest absolute Gasteiger partial charge is 0.481 e. The number of nitrogens with one attached hydrogen (secondary N) is 1. The van der Waals surface area contributed by atoms with Gasteiger partial charge < -0.3 is 10.4 Å². The number of carbonyl (C=O) groups is 2. The molecular weight excluding hydrogens is 262 g/mol. The topological polar surface area (TPSA) is 66.4 Å².